The van der Waals surface area contributed by atoms with Crippen molar-refractivity contribution in [2.45, 2.75) is 13.8 Å². The van der Waals surface area contributed by atoms with Gasteiger partial charge in [0, 0.05) is 28.9 Å². The van der Waals surface area contributed by atoms with E-state index in [1.165, 1.54) is 9.80 Å². The fourth-order valence-electron chi connectivity index (χ4n) is 3.03. The molecule has 1 fully saturated rings. The molecule has 0 spiro atoms. The largest absolute Gasteiger partial charge is 0.330 e. The fourth-order valence-corrected chi connectivity index (χ4v) is 3.30. The number of nitrogens with one attached hydrogen (secondary N) is 2. The number of amides is 4. The molecular weight excluding hydrogens is 436 g/mol. The maximum absolute atomic E-state index is 12.4. The minimum absolute atomic E-state index is 0.0333. The molecule has 0 saturated carbocycles. The van der Waals surface area contributed by atoms with Crippen LogP contribution in [0.2, 0.25) is 0 Å². The number of hydrogen-bond acceptors (Lipinski definition) is 3. The zero-order valence-electron chi connectivity index (χ0n) is 16.4. The lowest BCUT2D eigenvalue weighted by Gasteiger charge is -2.34. The van der Waals surface area contributed by atoms with Crippen molar-refractivity contribution in [2.24, 2.45) is 0 Å². The van der Waals surface area contributed by atoms with E-state index in [4.69, 9.17) is 0 Å². The van der Waals surface area contributed by atoms with Crippen molar-refractivity contribution in [1.29, 1.82) is 0 Å². The van der Waals surface area contributed by atoms with Crippen LogP contribution in [0.4, 0.5) is 16.2 Å². The van der Waals surface area contributed by atoms with Crippen LogP contribution in [0.5, 0.6) is 0 Å². The molecule has 0 bridgehead atoms. The predicted octanol–water partition coefficient (Wildman–Crippen LogP) is 3.38. The van der Waals surface area contributed by atoms with Gasteiger partial charge in [-0.3, -0.25) is 9.59 Å². The average Bonchev–Trinajstić information content (AvgIpc) is 2.69. The first-order chi connectivity index (χ1) is 13.8. The number of anilines is 2. The number of nitrogens with zero attached hydrogens (tertiary/aromatic N) is 2. The second-order valence-corrected chi connectivity index (χ2v) is 7.89. The summed E-state index contributed by atoms with van der Waals surface area (Å²) >= 11 is 3.34. The lowest BCUT2D eigenvalue weighted by molar-refractivity contribution is -0.137. The molecule has 4 amide bonds. The second-order valence-electron chi connectivity index (χ2n) is 6.97. The van der Waals surface area contributed by atoms with E-state index in [0.29, 0.717) is 18.8 Å². The number of piperazine rings is 1. The van der Waals surface area contributed by atoms with E-state index in [0.717, 1.165) is 21.3 Å². The number of rotatable bonds is 4. The summed E-state index contributed by atoms with van der Waals surface area (Å²) in [5, 5.41) is 5.64. The molecule has 152 valence electrons. The molecule has 7 nitrogen and oxygen atoms in total. The average molecular weight is 459 g/mol. The Hall–Kier alpha value is -2.87. The van der Waals surface area contributed by atoms with Crippen LogP contribution in [0.1, 0.15) is 11.1 Å². The van der Waals surface area contributed by atoms with Crippen molar-refractivity contribution < 1.29 is 14.4 Å². The number of halogens is 1. The fraction of sp³-hybridized carbons (Fsp3) is 0.286. The minimum atomic E-state index is -0.333. The highest BCUT2D eigenvalue weighted by Crippen LogP contribution is 2.18. The zero-order valence-corrected chi connectivity index (χ0v) is 18.0. The van der Waals surface area contributed by atoms with Gasteiger partial charge in [0.25, 0.3) is 0 Å². The van der Waals surface area contributed by atoms with Gasteiger partial charge in [0.1, 0.15) is 6.54 Å². The van der Waals surface area contributed by atoms with Gasteiger partial charge in [0.2, 0.25) is 11.8 Å². The van der Waals surface area contributed by atoms with Gasteiger partial charge in [-0.15, -0.1) is 0 Å². The first kappa shape index (κ1) is 20.9. The molecular formula is C21H23BrN4O3. The molecule has 2 aromatic carbocycles. The number of aryl methyl sites for hydroxylation is 1. The van der Waals surface area contributed by atoms with E-state index >= 15 is 0 Å². The highest BCUT2D eigenvalue weighted by molar-refractivity contribution is 9.10. The van der Waals surface area contributed by atoms with E-state index in [-0.39, 0.29) is 30.9 Å². The molecule has 2 N–H and O–H groups in total. The van der Waals surface area contributed by atoms with Crippen LogP contribution in [-0.2, 0) is 9.59 Å². The highest BCUT2D eigenvalue weighted by Gasteiger charge is 2.28. The quantitative estimate of drug-likeness (QED) is 0.736. The zero-order chi connectivity index (χ0) is 21.0. The molecule has 1 saturated heterocycles. The van der Waals surface area contributed by atoms with Crippen LogP contribution in [0.3, 0.4) is 0 Å². The van der Waals surface area contributed by atoms with E-state index in [1.807, 2.05) is 44.2 Å². The molecule has 0 aromatic heterocycles. The van der Waals surface area contributed by atoms with Gasteiger partial charge in [0.15, 0.2) is 0 Å². The van der Waals surface area contributed by atoms with E-state index in [2.05, 4.69) is 26.6 Å². The molecule has 2 aromatic rings. The first-order valence-electron chi connectivity index (χ1n) is 9.29. The number of hydrogen-bond donors (Lipinski definition) is 2. The Bertz CT molecular complexity index is 930. The molecule has 8 heteroatoms. The Balaban J connectivity index is 1.52. The van der Waals surface area contributed by atoms with E-state index in [9.17, 15) is 14.4 Å². The van der Waals surface area contributed by atoms with Crippen LogP contribution in [0.15, 0.2) is 46.9 Å². The third-order valence-corrected chi connectivity index (χ3v) is 5.44. The summed E-state index contributed by atoms with van der Waals surface area (Å²) < 4.78 is 0.915. The molecule has 29 heavy (non-hydrogen) atoms. The van der Waals surface area contributed by atoms with Crippen molar-refractivity contribution >= 4 is 45.2 Å². The SMILES string of the molecule is Cc1cccc(NC(=O)CN2CCN(C(=O)Nc3ccc(Br)cc3)CC2=O)c1C. The monoisotopic (exact) mass is 458 g/mol. The van der Waals surface area contributed by atoms with Crippen LogP contribution in [0.25, 0.3) is 0 Å². The van der Waals surface area contributed by atoms with Gasteiger partial charge in [-0.1, -0.05) is 28.1 Å². The minimum Gasteiger partial charge on any atom is -0.330 e. The Labute approximate surface area is 178 Å². The third-order valence-electron chi connectivity index (χ3n) is 4.91. The van der Waals surface area contributed by atoms with Gasteiger partial charge < -0.3 is 20.4 Å². The molecule has 0 atom stereocenters. The Morgan fingerprint density at radius 2 is 1.76 bits per heavy atom. The van der Waals surface area contributed by atoms with Crippen LogP contribution in [0, 0.1) is 13.8 Å². The van der Waals surface area contributed by atoms with Crippen LogP contribution < -0.4 is 10.6 Å². The van der Waals surface area contributed by atoms with Crippen molar-refractivity contribution in [3.8, 4) is 0 Å². The normalized spacial score (nSPS) is 14.0. The molecule has 0 radical (unpaired) electrons. The number of urea groups is 1. The maximum atomic E-state index is 12.4. The Morgan fingerprint density at radius 1 is 1.03 bits per heavy atom. The topological polar surface area (TPSA) is 81.8 Å². The van der Waals surface area contributed by atoms with Crippen molar-refractivity contribution in [2.75, 3.05) is 36.8 Å². The summed E-state index contributed by atoms with van der Waals surface area (Å²) in [5.74, 6) is -0.502. The molecule has 1 aliphatic rings. The summed E-state index contributed by atoms with van der Waals surface area (Å²) in [4.78, 5) is 40.1. The van der Waals surface area contributed by atoms with E-state index in [1.54, 1.807) is 12.1 Å². The van der Waals surface area contributed by atoms with Gasteiger partial charge >= 0.3 is 6.03 Å². The van der Waals surface area contributed by atoms with Gasteiger partial charge in [-0.05, 0) is 55.3 Å². The lowest BCUT2D eigenvalue weighted by atomic mass is 10.1. The van der Waals surface area contributed by atoms with Crippen molar-refractivity contribution in [3.05, 3.63) is 58.1 Å². The maximum Gasteiger partial charge on any atom is 0.322 e. The lowest BCUT2D eigenvalue weighted by Crippen LogP contribution is -2.54. The standard InChI is InChI=1S/C21H23BrN4O3/c1-14-4-3-5-18(15(14)2)24-19(27)12-25-10-11-26(13-20(25)28)21(29)23-17-8-6-16(22)7-9-17/h3-9H,10-13H2,1-2H3,(H,23,29)(H,24,27). The molecule has 0 unspecified atom stereocenters. The highest BCUT2D eigenvalue weighted by atomic mass is 79.9. The molecule has 1 aliphatic heterocycles. The van der Waals surface area contributed by atoms with Gasteiger partial charge in [0.05, 0.1) is 6.54 Å². The number of benzene rings is 2. The number of carbonyl (C=O) groups is 3. The van der Waals surface area contributed by atoms with Crippen LogP contribution in [-0.4, -0.2) is 53.8 Å². The summed E-state index contributed by atoms with van der Waals surface area (Å²) in [6, 6.07) is 12.6. The van der Waals surface area contributed by atoms with E-state index < -0.39 is 0 Å². The summed E-state index contributed by atoms with van der Waals surface area (Å²) in [7, 11) is 0. The summed E-state index contributed by atoms with van der Waals surface area (Å²) in [6.45, 7) is 4.51. The van der Waals surface area contributed by atoms with Gasteiger partial charge in [-0.25, -0.2) is 4.79 Å². The summed E-state index contributed by atoms with van der Waals surface area (Å²) in [5.41, 5.74) is 3.49. The Kier molecular flexibility index (Phi) is 6.53. The summed E-state index contributed by atoms with van der Waals surface area (Å²) in [6.07, 6.45) is 0. The number of carbonyl (C=O) groups excluding carboxylic acids is 3. The third kappa shape index (κ3) is 5.35. The first-order valence-corrected chi connectivity index (χ1v) is 10.1. The predicted molar refractivity (Wildman–Crippen MR) is 116 cm³/mol. The van der Waals surface area contributed by atoms with Crippen LogP contribution >= 0.6 is 15.9 Å². The molecule has 0 aliphatic carbocycles. The smallest absolute Gasteiger partial charge is 0.322 e. The van der Waals surface area contributed by atoms with Crippen molar-refractivity contribution in [3.63, 3.8) is 0 Å². The second kappa shape index (κ2) is 9.09. The van der Waals surface area contributed by atoms with Crippen molar-refractivity contribution in [1.82, 2.24) is 9.80 Å². The Morgan fingerprint density at radius 3 is 2.45 bits per heavy atom. The molecule has 3 rings (SSSR count). The molecule has 1 heterocycles. The van der Waals surface area contributed by atoms with Gasteiger partial charge in [-0.2, -0.15) is 0 Å².